The molecule has 4 rings (SSSR count). The summed E-state index contributed by atoms with van der Waals surface area (Å²) in [6.45, 7) is 7.00. The predicted octanol–water partition coefficient (Wildman–Crippen LogP) is 2.93. The standard InChI is InChI=1S/C20H29N3O/c1-15(22-10-5-2-6-11-22)23-12-9-18-17-7-3-4-8-19(17)21-20(18)16(13-23)14-24/h3-4,7-8,15-16,21,24H,2,5-6,9-14H2,1H3. The van der Waals surface area contributed by atoms with Crippen LogP contribution in [0.4, 0.5) is 0 Å². The largest absolute Gasteiger partial charge is 0.396 e. The molecule has 4 nitrogen and oxygen atoms in total. The Labute approximate surface area is 144 Å². The van der Waals surface area contributed by atoms with E-state index in [1.54, 1.807) is 0 Å². The minimum atomic E-state index is 0.183. The van der Waals surface area contributed by atoms with Gasteiger partial charge in [0.05, 0.1) is 12.8 Å². The zero-order valence-electron chi connectivity index (χ0n) is 14.7. The highest BCUT2D eigenvalue weighted by atomic mass is 16.3. The SMILES string of the molecule is CC(N1CCCCC1)N1CCc2c([nH]c3ccccc23)C(CO)C1. The molecular weight excluding hydrogens is 298 g/mol. The average molecular weight is 327 g/mol. The molecule has 2 atom stereocenters. The topological polar surface area (TPSA) is 42.5 Å². The number of nitrogens with one attached hydrogen (secondary N) is 1. The fourth-order valence-electron chi connectivity index (χ4n) is 4.57. The molecule has 1 fully saturated rings. The lowest BCUT2D eigenvalue weighted by molar-refractivity contribution is 0.0353. The number of aromatic amines is 1. The highest BCUT2D eigenvalue weighted by Gasteiger charge is 2.30. The quantitative estimate of drug-likeness (QED) is 0.911. The first kappa shape index (κ1) is 16.1. The van der Waals surface area contributed by atoms with E-state index < -0.39 is 0 Å². The van der Waals surface area contributed by atoms with E-state index in [9.17, 15) is 5.11 Å². The van der Waals surface area contributed by atoms with Gasteiger partial charge in [0.15, 0.2) is 0 Å². The number of H-pyrrole nitrogens is 1. The highest BCUT2D eigenvalue weighted by Crippen LogP contribution is 2.32. The molecule has 0 spiro atoms. The first-order chi connectivity index (χ1) is 11.8. The van der Waals surface area contributed by atoms with Gasteiger partial charge < -0.3 is 10.1 Å². The van der Waals surface area contributed by atoms with Crippen molar-refractivity contribution in [2.75, 3.05) is 32.8 Å². The Kier molecular flexibility index (Phi) is 4.61. The minimum Gasteiger partial charge on any atom is -0.396 e. The molecule has 0 aliphatic carbocycles. The van der Waals surface area contributed by atoms with Gasteiger partial charge in [-0.25, -0.2) is 0 Å². The minimum absolute atomic E-state index is 0.183. The van der Waals surface area contributed by atoms with E-state index in [2.05, 4.69) is 46.0 Å². The van der Waals surface area contributed by atoms with Crippen molar-refractivity contribution < 1.29 is 5.11 Å². The Hall–Kier alpha value is -1.36. The van der Waals surface area contributed by atoms with Crippen molar-refractivity contribution in [1.29, 1.82) is 0 Å². The van der Waals surface area contributed by atoms with Gasteiger partial charge >= 0.3 is 0 Å². The van der Waals surface area contributed by atoms with Crippen molar-refractivity contribution in [1.82, 2.24) is 14.8 Å². The van der Waals surface area contributed by atoms with Gasteiger partial charge in [0, 0.05) is 35.6 Å². The summed E-state index contributed by atoms with van der Waals surface area (Å²) in [5.41, 5.74) is 3.88. The van der Waals surface area contributed by atoms with E-state index in [4.69, 9.17) is 0 Å². The molecule has 0 saturated carbocycles. The molecule has 130 valence electrons. The van der Waals surface area contributed by atoms with E-state index in [0.717, 1.165) is 19.5 Å². The number of aromatic nitrogens is 1. The second-order valence-corrected chi connectivity index (χ2v) is 7.42. The van der Waals surface area contributed by atoms with Gasteiger partial charge in [-0.15, -0.1) is 0 Å². The first-order valence-electron chi connectivity index (χ1n) is 9.46. The van der Waals surface area contributed by atoms with Gasteiger partial charge in [0.25, 0.3) is 0 Å². The Bertz CT molecular complexity index is 689. The number of likely N-dealkylation sites (tertiary alicyclic amines) is 1. The maximum absolute atomic E-state index is 10.0. The Balaban J connectivity index is 1.60. The van der Waals surface area contributed by atoms with Crippen LogP contribution in [0, 0.1) is 0 Å². The number of aliphatic hydroxyl groups is 1. The molecule has 4 heteroatoms. The molecule has 0 radical (unpaired) electrons. The van der Waals surface area contributed by atoms with E-state index in [1.165, 1.54) is 54.5 Å². The van der Waals surface area contributed by atoms with Crippen LogP contribution >= 0.6 is 0 Å². The summed E-state index contributed by atoms with van der Waals surface area (Å²) >= 11 is 0. The molecule has 1 aromatic heterocycles. The zero-order valence-corrected chi connectivity index (χ0v) is 14.7. The van der Waals surface area contributed by atoms with Crippen molar-refractivity contribution in [3.8, 4) is 0 Å². The van der Waals surface area contributed by atoms with Crippen LogP contribution in [-0.2, 0) is 6.42 Å². The lowest BCUT2D eigenvalue weighted by atomic mass is 10.0. The molecule has 0 amide bonds. The number of piperidine rings is 1. The predicted molar refractivity (Wildman–Crippen MR) is 98.3 cm³/mol. The maximum atomic E-state index is 10.0. The molecule has 24 heavy (non-hydrogen) atoms. The number of nitrogens with zero attached hydrogens (tertiary/aromatic N) is 2. The van der Waals surface area contributed by atoms with E-state index in [0.29, 0.717) is 6.17 Å². The van der Waals surface area contributed by atoms with Crippen LogP contribution < -0.4 is 0 Å². The van der Waals surface area contributed by atoms with Crippen molar-refractivity contribution in [2.45, 2.75) is 44.7 Å². The van der Waals surface area contributed by atoms with Gasteiger partial charge in [0.1, 0.15) is 0 Å². The van der Waals surface area contributed by atoms with E-state index in [-0.39, 0.29) is 12.5 Å². The molecule has 2 aliphatic heterocycles. The second-order valence-electron chi connectivity index (χ2n) is 7.42. The van der Waals surface area contributed by atoms with E-state index >= 15 is 0 Å². The Morgan fingerprint density at radius 1 is 1.12 bits per heavy atom. The number of para-hydroxylation sites is 1. The van der Waals surface area contributed by atoms with Gasteiger partial charge in [-0.1, -0.05) is 24.6 Å². The normalized spacial score (nSPS) is 24.7. The lowest BCUT2D eigenvalue weighted by Crippen LogP contribution is -2.50. The van der Waals surface area contributed by atoms with Gasteiger partial charge in [-0.05, 0) is 50.9 Å². The number of fused-ring (bicyclic) bond motifs is 3. The third-order valence-electron chi connectivity index (χ3n) is 6.03. The van der Waals surface area contributed by atoms with E-state index in [1.807, 2.05) is 0 Å². The number of benzene rings is 1. The molecule has 0 bridgehead atoms. The molecule has 2 aromatic rings. The molecule has 1 aromatic carbocycles. The van der Waals surface area contributed by atoms with Crippen molar-refractivity contribution in [2.24, 2.45) is 0 Å². The van der Waals surface area contributed by atoms with Crippen molar-refractivity contribution in [3.05, 3.63) is 35.5 Å². The summed E-state index contributed by atoms with van der Waals surface area (Å²) in [6, 6.07) is 8.55. The van der Waals surface area contributed by atoms with Crippen LogP contribution in [0.15, 0.2) is 24.3 Å². The zero-order chi connectivity index (χ0) is 16.5. The van der Waals surface area contributed by atoms with Crippen LogP contribution in [0.25, 0.3) is 10.9 Å². The van der Waals surface area contributed by atoms with Crippen LogP contribution in [0.1, 0.15) is 43.4 Å². The molecular formula is C20H29N3O. The fraction of sp³-hybridized carbons (Fsp3) is 0.600. The average Bonchev–Trinajstić information content (AvgIpc) is 2.90. The molecule has 2 unspecified atom stereocenters. The summed E-state index contributed by atoms with van der Waals surface area (Å²) in [5, 5.41) is 11.4. The maximum Gasteiger partial charge on any atom is 0.0593 e. The molecule has 2 N–H and O–H groups in total. The second kappa shape index (κ2) is 6.87. The Morgan fingerprint density at radius 3 is 2.71 bits per heavy atom. The summed E-state index contributed by atoms with van der Waals surface area (Å²) in [6.07, 6.45) is 5.55. The highest BCUT2D eigenvalue weighted by molar-refractivity contribution is 5.85. The summed E-state index contributed by atoms with van der Waals surface area (Å²) in [4.78, 5) is 8.79. The Morgan fingerprint density at radius 2 is 1.92 bits per heavy atom. The molecule has 3 heterocycles. The number of hydrogen-bond acceptors (Lipinski definition) is 3. The third kappa shape index (κ3) is 2.87. The van der Waals surface area contributed by atoms with Crippen LogP contribution in [0.5, 0.6) is 0 Å². The smallest absolute Gasteiger partial charge is 0.0593 e. The fourth-order valence-corrected chi connectivity index (χ4v) is 4.57. The number of aliphatic hydroxyl groups excluding tert-OH is 1. The lowest BCUT2D eigenvalue weighted by Gasteiger charge is -2.40. The van der Waals surface area contributed by atoms with Crippen LogP contribution in [0.3, 0.4) is 0 Å². The van der Waals surface area contributed by atoms with Gasteiger partial charge in [-0.3, -0.25) is 9.80 Å². The van der Waals surface area contributed by atoms with Crippen LogP contribution in [0.2, 0.25) is 0 Å². The van der Waals surface area contributed by atoms with Gasteiger partial charge in [-0.2, -0.15) is 0 Å². The van der Waals surface area contributed by atoms with Crippen LogP contribution in [-0.4, -0.2) is 58.8 Å². The first-order valence-corrected chi connectivity index (χ1v) is 9.46. The summed E-state index contributed by atoms with van der Waals surface area (Å²) < 4.78 is 0. The van der Waals surface area contributed by atoms with Crippen molar-refractivity contribution >= 4 is 10.9 Å². The molecule has 1 saturated heterocycles. The third-order valence-corrected chi connectivity index (χ3v) is 6.03. The van der Waals surface area contributed by atoms with Gasteiger partial charge in [0.2, 0.25) is 0 Å². The number of hydrogen-bond donors (Lipinski definition) is 2. The summed E-state index contributed by atoms with van der Waals surface area (Å²) in [7, 11) is 0. The van der Waals surface area contributed by atoms with Crippen molar-refractivity contribution in [3.63, 3.8) is 0 Å². The molecule has 2 aliphatic rings. The monoisotopic (exact) mass is 327 g/mol. The summed E-state index contributed by atoms with van der Waals surface area (Å²) in [5.74, 6) is 0.183. The number of rotatable bonds is 3.